The molecule has 8 N–H and O–H groups in total. The van der Waals surface area contributed by atoms with Crippen molar-refractivity contribution < 1.29 is 39.3 Å². The fourth-order valence-corrected chi connectivity index (χ4v) is 4.27. The maximum Gasteiger partial charge on any atom is 0.326 e. The van der Waals surface area contributed by atoms with E-state index in [0.29, 0.717) is 23.5 Å². The zero-order valence-corrected chi connectivity index (χ0v) is 23.0. The van der Waals surface area contributed by atoms with Crippen molar-refractivity contribution in [1.82, 2.24) is 16.0 Å². The summed E-state index contributed by atoms with van der Waals surface area (Å²) in [5, 5.41) is 35.6. The number of nitrogens with one attached hydrogen (secondary N) is 3. The van der Waals surface area contributed by atoms with Crippen molar-refractivity contribution in [3.8, 4) is 5.75 Å². The van der Waals surface area contributed by atoms with Gasteiger partial charge in [0.15, 0.2) is 0 Å². The second kappa shape index (κ2) is 17.5. The number of benzene rings is 1. The Morgan fingerprint density at radius 3 is 1.82 bits per heavy atom. The summed E-state index contributed by atoms with van der Waals surface area (Å²) in [7, 11) is 0. The number of carbonyl (C=O) groups excluding carboxylic acids is 3. The van der Waals surface area contributed by atoms with Crippen molar-refractivity contribution in [3.05, 3.63) is 29.8 Å². The summed E-state index contributed by atoms with van der Waals surface area (Å²) >= 11 is 2.97. The highest BCUT2D eigenvalue weighted by Crippen LogP contribution is 2.12. The lowest BCUT2D eigenvalue weighted by Gasteiger charge is -2.25. The molecule has 1 aromatic carbocycles. The van der Waals surface area contributed by atoms with E-state index in [0.717, 1.165) is 0 Å². The van der Waals surface area contributed by atoms with Gasteiger partial charge >= 0.3 is 11.9 Å². The molecule has 14 heteroatoms. The molecule has 12 nitrogen and oxygen atoms in total. The Balaban J connectivity index is 3.01. The normalized spacial score (nSPS) is 14.0. The van der Waals surface area contributed by atoms with Crippen molar-refractivity contribution in [1.29, 1.82) is 0 Å². The number of hydrogen-bond acceptors (Lipinski definition) is 9. The Morgan fingerprint density at radius 2 is 1.29 bits per heavy atom. The van der Waals surface area contributed by atoms with Gasteiger partial charge in [-0.25, -0.2) is 4.79 Å². The van der Waals surface area contributed by atoms with E-state index in [9.17, 15) is 34.2 Å². The van der Waals surface area contributed by atoms with Crippen LogP contribution in [0.4, 0.5) is 0 Å². The number of phenols is 1. The third-order valence-electron chi connectivity index (χ3n) is 5.48. The summed E-state index contributed by atoms with van der Waals surface area (Å²) in [5.41, 5.74) is 6.43. The molecule has 0 bridgehead atoms. The van der Waals surface area contributed by atoms with E-state index in [-0.39, 0.29) is 25.0 Å². The smallest absolute Gasteiger partial charge is 0.326 e. The topological polar surface area (TPSA) is 208 Å². The highest BCUT2D eigenvalue weighted by molar-refractivity contribution is 7.98. The van der Waals surface area contributed by atoms with Crippen molar-refractivity contribution in [2.75, 3.05) is 24.0 Å². The first-order valence-corrected chi connectivity index (χ1v) is 14.6. The minimum absolute atomic E-state index is 0.00515. The number of amides is 3. The van der Waals surface area contributed by atoms with E-state index in [1.165, 1.54) is 47.8 Å². The van der Waals surface area contributed by atoms with Crippen LogP contribution in [0.3, 0.4) is 0 Å². The first kappa shape index (κ1) is 33.1. The summed E-state index contributed by atoms with van der Waals surface area (Å²) in [5.74, 6) is -3.48. The molecule has 1 rings (SSSR count). The molecular weight excluding hydrogens is 536 g/mol. The molecule has 0 heterocycles. The van der Waals surface area contributed by atoms with Crippen LogP contribution in [0.15, 0.2) is 24.3 Å². The van der Waals surface area contributed by atoms with Crippen LogP contribution < -0.4 is 21.7 Å². The Labute approximate surface area is 229 Å². The van der Waals surface area contributed by atoms with Gasteiger partial charge in [0.2, 0.25) is 17.7 Å². The minimum Gasteiger partial charge on any atom is -0.508 e. The van der Waals surface area contributed by atoms with Gasteiger partial charge in [0.05, 0.1) is 6.04 Å². The highest BCUT2D eigenvalue weighted by atomic mass is 32.2. The lowest BCUT2D eigenvalue weighted by atomic mass is 10.0. The second-order valence-corrected chi connectivity index (χ2v) is 10.5. The standard InChI is InChI=1S/C24H36N4O8S2/c1-37-11-9-16(25)21(32)26-18(10-12-38-2)23(34)27-17(7-8-20(30)31)22(33)28-19(24(35)36)13-14-3-5-15(29)6-4-14/h3-6,16-19,29H,7-13,25H2,1-2H3,(H,26,32)(H,27,34)(H,28,33)(H,30,31)(H,35,36). The number of phenolic OH excluding ortho intramolecular Hbond substituents is 1. The number of thioether (sulfide) groups is 2. The molecule has 0 aliphatic heterocycles. The average Bonchev–Trinajstić information content (AvgIpc) is 2.87. The number of aromatic hydroxyl groups is 1. The number of rotatable bonds is 18. The second-order valence-electron chi connectivity index (χ2n) is 8.49. The van der Waals surface area contributed by atoms with Crippen molar-refractivity contribution in [2.24, 2.45) is 5.73 Å². The van der Waals surface area contributed by atoms with Gasteiger partial charge in [0.25, 0.3) is 0 Å². The number of hydrogen-bond donors (Lipinski definition) is 7. The predicted molar refractivity (Wildman–Crippen MR) is 146 cm³/mol. The summed E-state index contributed by atoms with van der Waals surface area (Å²) in [6.45, 7) is 0. The first-order valence-electron chi connectivity index (χ1n) is 11.9. The van der Waals surface area contributed by atoms with Gasteiger partial charge < -0.3 is 37.0 Å². The molecule has 0 fully saturated rings. The molecule has 0 saturated heterocycles. The van der Waals surface area contributed by atoms with Crippen LogP contribution in [-0.4, -0.2) is 93.2 Å². The quantitative estimate of drug-likeness (QED) is 0.126. The molecule has 38 heavy (non-hydrogen) atoms. The first-order chi connectivity index (χ1) is 18.0. The van der Waals surface area contributed by atoms with Gasteiger partial charge in [-0.15, -0.1) is 0 Å². The maximum atomic E-state index is 13.1. The SMILES string of the molecule is CSCCC(N)C(=O)NC(CCSC)C(=O)NC(CCC(=O)O)C(=O)NC(Cc1ccc(O)cc1)C(=O)O. The lowest BCUT2D eigenvalue weighted by molar-refractivity contribution is -0.143. The van der Waals surface area contributed by atoms with E-state index in [2.05, 4.69) is 16.0 Å². The molecule has 4 atom stereocenters. The Hall–Kier alpha value is -2.97. The van der Waals surface area contributed by atoms with Crippen molar-refractivity contribution >= 4 is 53.2 Å². The summed E-state index contributed by atoms with van der Waals surface area (Å²) < 4.78 is 0. The summed E-state index contributed by atoms with van der Waals surface area (Å²) in [6.07, 6.45) is 3.47. The lowest BCUT2D eigenvalue weighted by Crippen LogP contribution is -2.57. The van der Waals surface area contributed by atoms with Crippen molar-refractivity contribution in [2.45, 2.75) is 56.3 Å². The zero-order valence-electron chi connectivity index (χ0n) is 21.3. The number of carboxylic acids is 2. The van der Waals surface area contributed by atoms with Crippen LogP contribution in [-0.2, 0) is 30.4 Å². The Bertz CT molecular complexity index is 948. The third-order valence-corrected chi connectivity index (χ3v) is 6.77. The number of nitrogens with two attached hydrogens (primary N) is 1. The van der Waals surface area contributed by atoms with E-state index >= 15 is 0 Å². The highest BCUT2D eigenvalue weighted by Gasteiger charge is 2.30. The summed E-state index contributed by atoms with van der Waals surface area (Å²) in [6, 6.07) is 1.17. The minimum atomic E-state index is -1.38. The summed E-state index contributed by atoms with van der Waals surface area (Å²) in [4.78, 5) is 61.5. The molecule has 1 aromatic rings. The van der Waals surface area contributed by atoms with Crippen LogP contribution >= 0.6 is 23.5 Å². The van der Waals surface area contributed by atoms with E-state index in [4.69, 9.17) is 10.8 Å². The number of carboxylic acid groups (broad SMARTS) is 2. The number of aliphatic carboxylic acids is 2. The molecule has 0 saturated carbocycles. The van der Waals surface area contributed by atoms with E-state index < -0.39 is 60.2 Å². The third kappa shape index (κ3) is 12.5. The van der Waals surface area contributed by atoms with E-state index in [1.54, 1.807) is 0 Å². The van der Waals surface area contributed by atoms with Crippen LogP contribution in [0.1, 0.15) is 31.2 Å². The van der Waals surface area contributed by atoms with Gasteiger partial charge in [-0.3, -0.25) is 19.2 Å². The average molecular weight is 573 g/mol. The molecule has 4 unspecified atom stereocenters. The maximum absolute atomic E-state index is 13.1. The number of carbonyl (C=O) groups is 5. The molecular formula is C24H36N4O8S2. The molecule has 0 aromatic heterocycles. The molecule has 0 aliphatic rings. The molecule has 212 valence electrons. The van der Waals surface area contributed by atoms with Gasteiger partial charge in [0, 0.05) is 12.8 Å². The fourth-order valence-electron chi connectivity index (χ4n) is 3.31. The Morgan fingerprint density at radius 1 is 0.789 bits per heavy atom. The molecule has 0 spiro atoms. The van der Waals surface area contributed by atoms with Gasteiger partial charge in [-0.1, -0.05) is 12.1 Å². The fraction of sp³-hybridized carbons (Fsp3) is 0.542. The van der Waals surface area contributed by atoms with E-state index in [1.807, 2.05) is 12.5 Å². The Kier molecular flexibility index (Phi) is 15.2. The monoisotopic (exact) mass is 572 g/mol. The van der Waals surface area contributed by atoms with Gasteiger partial charge in [-0.05, 0) is 61.0 Å². The van der Waals surface area contributed by atoms with Crippen LogP contribution in [0, 0.1) is 0 Å². The van der Waals surface area contributed by atoms with Gasteiger partial charge in [-0.2, -0.15) is 23.5 Å². The molecule has 3 amide bonds. The van der Waals surface area contributed by atoms with Crippen LogP contribution in [0.5, 0.6) is 5.75 Å². The van der Waals surface area contributed by atoms with Crippen molar-refractivity contribution in [3.63, 3.8) is 0 Å². The van der Waals surface area contributed by atoms with Crippen LogP contribution in [0.2, 0.25) is 0 Å². The molecule has 0 aliphatic carbocycles. The zero-order chi connectivity index (χ0) is 28.7. The van der Waals surface area contributed by atoms with Crippen LogP contribution in [0.25, 0.3) is 0 Å². The predicted octanol–water partition coefficient (Wildman–Crippen LogP) is 0.172. The molecule has 0 radical (unpaired) electrons. The largest absolute Gasteiger partial charge is 0.508 e. The van der Waals surface area contributed by atoms with Gasteiger partial charge in [0.1, 0.15) is 23.9 Å².